The molecule has 0 fully saturated rings. The van der Waals surface area contributed by atoms with Crippen LogP contribution in [0.25, 0.3) is 0 Å². The van der Waals surface area contributed by atoms with Crippen LogP contribution in [-0.2, 0) is 11.3 Å². The Kier molecular flexibility index (Phi) is 6.30. The maximum atomic E-state index is 11.2. The van der Waals surface area contributed by atoms with Crippen LogP contribution in [0.3, 0.4) is 0 Å². The summed E-state index contributed by atoms with van der Waals surface area (Å²) in [5.41, 5.74) is 0.931. The van der Waals surface area contributed by atoms with E-state index in [1.54, 1.807) is 12.3 Å². The highest BCUT2D eigenvalue weighted by atomic mass is 16.5. The molecule has 0 aromatic carbocycles. The second-order valence-corrected chi connectivity index (χ2v) is 3.54. The summed E-state index contributed by atoms with van der Waals surface area (Å²) in [5, 5.41) is 5.68. The Morgan fingerprint density at radius 3 is 3.00 bits per heavy atom. The zero-order chi connectivity index (χ0) is 13.2. The maximum Gasteiger partial charge on any atom is 0.258 e. The smallest absolute Gasteiger partial charge is 0.258 e. The molecule has 0 saturated carbocycles. The van der Waals surface area contributed by atoms with E-state index >= 15 is 0 Å². The van der Waals surface area contributed by atoms with Crippen LogP contribution in [0.5, 0.6) is 5.75 Å². The van der Waals surface area contributed by atoms with Gasteiger partial charge in [0.25, 0.3) is 5.91 Å². The van der Waals surface area contributed by atoms with Gasteiger partial charge in [0.1, 0.15) is 5.75 Å². The van der Waals surface area contributed by atoms with Gasteiger partial charge in [-0.05, 0) is 18.7 Å². The van der Waals surface area contributed by atoms with E-state index in [-0.39, 0.29) is 19.1 Å². The Bertz CT molecular complexity index is 409. The number of amides is 1. The molecule has 5 heteroatoms. The van der Waals surface area contributed by atoms with E-state index in [9.17, 15) is 4.79 Å². The van der Waals surface area contributed by atoms with Gasteiger partial charge < -0.3 is 15.4 Å². The van der Waals surface area contributed by atoms with Gasteiger partial charge in [0.2, 0.25) is 0 Å². The van der Waals surface area contributed by atoms with Crippen molar-refractivity contribution in [3.05, 3.63) is 24.0 Å². The molecule has 1 heterocycles. The highest BCUT2D eigenvalue weighted by Crippen LogP contribution is 2.08. The Labute approximate surface area is 107 Å². The molecule has 0 aliphatic heterocycles. The Morgan fingerprint density at radius 2 is 2.39 bits per heavy atom. The summed E-state index contributed by atoms with van der Waals surface area (Å²) >= 11 is 0. The highest BCUT2D eigenvalue weighted by molar-refractivity contribution is 5.77. The molecule has 96 valence electrons. The number of hydrogen-bond acceptors (Lipinski definition) is 4. The summed E-state index contributed by atoms with van der Waals surface area (Å²) in [7, 11) is 0. The summed E-state index contributed by atoms with van der Waals surface area (Å²) in [4.78, 5) is 15.4. The van der Waals surface area contributed by atoms with Crippen molar-refractivity contribution in [2.75, 3.05) is 19.7 Å². The van der Waals surface area contributed by atoms with Gasteiger partial charge in [-0.25, -0.2) is 0 Å². The van der Waals surface area contributed by atoms with Gasteiger partial charge in [0.15, 0.2) is 6.61 Å². The third-order valence-corrected chi connectivity index (χ3v) is 2.11. The van der Waals surface area contributed by atoms with E-state index in [4.69, 9.17) is 11.2 Å². The maximum absolute atomic E-state index is 11.2. The van der Waals surface area contributed by atoms with Crippen molar-refractivity contribution in [2.45, 2.75) is 13.5 Å². The van der Waals surface area contributed by atoms with Gasteiger partial charge in [0.05, 0.1) is 18.4 Å². The fourth-order valence-electron chi connectivity index (χ4n) is 1.20. The van der Waals surface area contributed by atoms with Crippen LogP contribution in [0.4, 0.5) is 0 Å². The number of hydrogen-bond donors (Lipinski definition) is 2. The predicted octanol–water partition coefficient (Wildman–Crippen LogP) is 0.319. The molecular weight excluding hydrogens is 230 g/mol. The van der Waals surface area contributed by atoms with Crippen molar-refractivity contribution in [2.24, 2.45) is 0 Å². The summed E-state index contributed by atoms with van der Waals surface area (Å²) in [6, 6.07) is 3.64. The number of rotatable bonds is 7. The fourth-order valence-corrected chi connectivity index (χ4v) is 1.20. The molecule has 2 N–H and O–H groups in total. The normalized spacial score (nSPS) is 9.56. The molecule has 0 saturated heterocycles. The third-order valence-electron chi connectivity index (χ3n) is 2.11. The first kappa shape index (κ1) is 14.0. The van der Waals surface area contributed by atoms with Crippen LogP contribution in [0.15, 0.2) is 18.3 Å². The van der Waals surface area contributed by atoms with Crippen LogP contribution in [0.2, 0.25) is 0 Å². The molecule has 0 spiro atoms. The van der Waals surface area contributed by atoms with E-state index in [1.807, 2.05) is 13.0 Å². The van der Waals surface area contributed by atoms with Crippen LogP contribution in [-0.4, -0.2) is 30.6 Å². The van der Waals surface area contributed by atoms with Gasteiger partial charge >= 0.3 is 0 Å². The molecule has 5 nitrogen and oxygen atoms in total. The molecule has 1 aromatic rings. The fraction of sp³-hybridized carbons (Fsp3) is 0.385. The third kappa shape index (κ3) is 5.32. The second kappa shape index (κ2) is 8.09. The van der Waals surface area contributed by atoms with Crippen molar-refractivity contribution in [3.63, 3.8) is 0 Å². The Morgan fingerprint density at radius 1 is 1.56 bits per heavy atom. The number of nitrogens with one attached hydrogen (secondary N) is 2. The molecule has 0 aliphatic carbocycles. The molecule has 0 unspecified atom stereocenters. The van der Waals surface area contributed by atoms with Crippen molar-refractivity contribution < 1.29 is 9.53 Å². The van der Waals surface area contributed by atoms with Gasteiger partial charge in [0, 0.05) is 6.54 Å². The largest absolute Gasteiger partial charge is 0.482 e. The van der Waals surface area contributed by atoms with Gasteiger partial charge in [-0.3, -0.25) is 9.78 Å². The molecule has 0 bridgehead atoms. The quantitative estimate of drug-likeness (QED) is 0.681. The molecule has 0 aliphatic rings. The molecular formula is C13H17N3O2. The summed E-state index contributed by atoms with van der Waals surface area (Å²) in [6.07, 6.45) is 6.62. The predicted molar refractivity (Wildman–Crippen MR) is 69.0 cm³/mol. The second-order valence-electron chi connectivity index (χ2n) is 3.54. The molecule has 18 heavy (non-hydrogen) atoms. The van der Waals surface area contributed by atoms with E-state index in [1.165, 1.54) is 0 Å². The molecule has 0 radical (unpaired) electrons. The highest BCUT2D eigenvalue weighted by Gasteiger charge is 2.01. The van der Waals surface area contributed by atoms with E-state index in [2.05, 4.69) is 21.5 Å². The number of carbonyl (C=O) groups is 1. The summed E-state index contributed by atoms with van der Waals surface area (Å²) < 4.78 is 5.26. The minimum absolute atomic E-state index is 0.0596. The molecule has 1 rings (SSSR count). The van der Waals surface area contributed by atoms with Crippen LogP contribution < -0.4 is 15.4 Å². The molecule has 1 aromatic heterocycles. The van der Waals surface area contributed by atoms with E-state index < -0.39 is 0 Å². The zero-order valence-corrected chi connectivity index (χ0v) is 10.4. The van der Waals surface area contributed by atoms with Gasteiger partial charge in [-0.15, -0.1) is 6.42 Å². The minimum Gasteiger partial charge on any atom is -0.482 e. The Balaban J connectivity index is 2.35. The number of pyridine rings is 1. The van der Waals surface area contributed by atoms with Crippen LogP contribution in [0.1, 0.15) is 12.6 Å². The SMILES string of the molecule is C#CCNC(=O)COc1ccc(CNCC)nc1. The summed E-state index contributed by atoms with van der Waals surface area (Å²) in [5.74, 6) is 2.63. The molecule has 1 amide bonds. The number of ether oxygens (including phenoxy) is 1. The average molecular weight is 247 g/mol. The first-order valence-electron chi connectivity index (χ1n) is 5.75. The lowest BCUT2D eigenvalue weighted by Gasteiger charge is -2.06. The lowest BCUT2D eigenvalue weighted by molar-refractivity contribution is -0.122. The Hall–Kier alpha value is -2.06. The monoisotopic (exact) mass is 247 g/mol. The molecule has 0 atom stereocenters. The first-order chi connectivity index (χ1) is 8.76. The van der Waals surface area contributed by atoms with Crippen LogP contribution >= 0.6 is 0 Å². The lowest BCUT2D eigenvalue weighted by atomic mass is 10.3. The first-order valence-corrected chi connectivity index (χ1v) is 5.75. The van der Waals surface area contributed by atoms with E-state index in [0.717, 1.165) is 18.8 Å². The zero-order valence-electron chi connectivity index (χ0n) is 10.4. The minimum atomic E-state index is -0.246. The topological polar surface area (TPSA) is 63.2 Å². The summed E-state index contributed by atoms with van der Waals surface area (Å²) in [6.45, 7) is 3.80. The number of terminal acetylenes is 1. The van der Waals surface area contributed by atoms with Crippen LogP contribution in [0, 0.1) is 12.3 Å². The van der Waals surface area contributed by atoms with Gasteiger partial charge in [-0.1, -0.05) is 12.8 Å². The number of carbonyl (C=O) groups excluding carboxylic acids is 1. The number of aromatic nitrogens is 1. The van der Waals surface area contributed by atoms with E-state index in [0.29, 0.717) is 5.75 Å². The van der Waals surface area contributed by atoms with Gasteiger partial charge in [-0.2, -0.15) is 0 Å². The van der Waals surface area contributed by atoms with Crippen molar-refractivity contribution in [1.82, 2.24) is 15.6 Å². The van der Waals surface area contributed by atoms with Crippen molar-refractivity contribution in [1.29, 1.82) is 0 Å². The standard InChI is InChI=1S/C13H17N3O2/c1-3-7-15-13(17)10-18-12-6-5-11(16-9-12)8-14-4-2/h1,5-6,9,14H,4,7-8,10H2,2H3,(H,15,17). The lowest BCUT2D eigenvalue weighted by Crippen LogP contribution is -2.29. The van der Waals surface area contributed by atoms with Crippen molar-refractivity contribution in [3.8, 4) is 18.1 Å². The average Bonchev–Trinajstić information content (AvgIpc) is 2.41. The van der Waals surface area contributed by atoms with Crippen molar-refractivity contribution >= 4 is 5.91 Å². The number of nitrogens with zero attached hydrogens (tertiary/aromatic N) is 1.